The summed E-state index contributed by atoms with van der Waals surface area (Å²) < 4.78 is 2.01. The van der Waals surface area contributed by atoms with Gasteiger partial charge in [0.2, 0.25) is 0 Å². The van der Waals surface area contributed by atoms with Gasteiger partial charge in [0, 0.05) is 18.7 Å². The Kier molecular flexibility index (Phi) is 4.71. The van der Waals surface area contributed by atoms with Crippen LogP contribution in [0.3, 0.4) is 0 Å². The molecule has 0 spiro atoms. The molecular formula is C13H22N2O. The Morgan fingerprint density at radius 3 is 2.75 bits per heavy atom. The summed E-state index contributed by atoms with van der Waals surface area (Å²) in [6, 6.07) is 2.51. The van der Waals surface area contributed by atoms with Gasteiger partial charge in [-0.1, -0.05) is 13.8 Å². The molecule has 90 valence electrons. The van der Waals surface area contributed by atoms with Crippen LogP contribution in [-0.4, -0.2) is 15.6 Å². The van der Waals surface area contributed by atoms with E-state index in [1.165, 1.54) is 0 Å². The van der Waals surface area contributed by atoms with Crippen LogP contribution in [0, 0.1) is 5.92 Å². The first-order valence-electron chi connectivity index (χ1n) is 6.06. The number of nitrogens with zero attached hydrogens (tertiary/aromatic N) is 2. The summed E-state index contributed by atoms with van der Waals surface area (Å²) in [5, 5.41) is 4.53. The van der Waals surface area contributed by atoms with Crippen molar-refractivity contribution in [3.63, 3.8) is 0 Å². The zero-order valence-electron chi connectivity index (χ0n) is 10.7. The smallest absolute Gasteiger partial charge is 0.130 e. The molecule has 0 saturated carbocycles. The average molecular weight is 222 g/mol. The lowest BCUT2D eigenvalue weighted by molar-refractivity contribution is -0.117. The Morgan fingerprint density at radius 1 is 1.50 bits per heavy atom. The van der Waals surface area contributed by atoms with Gasteiger partial charge in [-0.05, 0) is 38.7 Å². The molecule has 0 N–H and O–H groups in total. The highest BCUT2D eigenvalue weighted by molar-refractivity contribution is 5.75. The molecule has 0 radical (unpaired) electrons. The lowest BCUT2D eigenvalue weighted by Crippen LogP contribution is -2.08. The Hall–Kier alpha value is -1.12. The fraction of sp³-hybridized carbons (Fsp3) is 0.692. The standard InChI is InChI=1S/C13H22N2O/c1-5-11(3)15-7-6-13(14-15)9-10(2)8-12(4)16/h6-7,10-11H,5,8-9H2,1-4H3. The van der Waals surface area contributed by atoms with E-state index in [-0.39, 0.29) is 5.78 Å². The topological polar surface area (TPSA) is 34.9 Å². The Balaban J connectivity index is 2.54. The molecule has 3 heteroatoms. The Morgan fingerprint density at radius 2 is 2.19 bits per heavy atom. The van der Waals surface area contributed by atoms with E-state index in [0.29, 0.717) is 18.4 Å². The van der Waals surface area contributed by atoms with Gasteiger partial charge in [0.15, 0.2) is 0 Å². The molecule has 0 amide bonds. The van der Waals surface area contributed by atoms with E-state index in [1.807, 2.05) is 10.9 Å². The predicted octanol–water partition coefficient (Wildman–Crippen LogP) is 3.01. The van der Waals surface area contributed by atoms with Gasteiger partial charge in [-0.25, -0.2) is 0 Å². The maximum Gasteiger partial charge on any atom is 0.130 e. The summed E-state index contributed by atoms with van der Waals surface area (Å²) >= 11 is 0. The van der Waals surface area contributed by atoms with Crippen molar-refractivity contribution in [1.82, 2.24) is 9.78 Å². The first-order valence-corrected chi connectivity index (χ1v) is 6.06. The van der Waals surface area contributed by atoms with Gasteiger partial charge in [-0.2, -0.15) is 5.10 Å². The summed E-state index contributed by atoms with van der Waals surface area (Å²) in [6.45, 7) is 8.07. The van der Waals surface area contributed by atoms with E-state index in [1.54, 1.807) is 6.92 Å². The molecule has 0 aliphatic carbocycles. The molecule has 2 atom stereocenters. The van der Waals surface area contributed by atoms with Crippen LogP contribution in [0.15, 0.2) is 12.3 Å². The lowest BCUT2D eigenvalue weighted by atomic mass is 10.00. The van der Waals surface area contributed by atoms with Gasteiger partial charge in [-0.3, -0.25) is 4.68 Å². The van der Waals surface area contributed by atoms with Crippen molar-refractivity contribution in [2.24, 2.45) is 5.92 Å². The SMILES string of the molecule is CCC(C)n1ccc(CC(C)CC(C)=O)n1. The van der Waals surface area contributed by atoms with Gasteiger partial charge in [0.25, 0.3) is 0 Å². The molecule has 16 heavy (non-hydrogen) atoms. The monoisotopic (exact) mass is 222 g/mol. The maximum atomic E-state index is 11.0. The van der Waals surface area contributed by atoms with E-state index >= 15 is 0 Å². The van der Waals surface area contributed by atoms with Crippen molar-refractivity contribution >= 4 is 5.78 Å². The molecule has 3 nitrogen and oxygen atoms in total. The normalized spacial score (nSPS) is 14.8. The highest BCUT2D eigenvalue weighted by Gasteiger charge is 2.10. The Bertz CT molecular complexity index is 343. The van der Waals surface area contributed by atoms with Crippen molar-refractivity contribution < 1.29 is 4.79 Å². The third-order valence-electron chi connectivity index (χ3n) is 2.90. The van der Waals surface area contributed by atoms with E-state index in [2.05, 4.69) is 31.9 Å². The van der Waals surface area contributed by atoms with Crippen molar-refractivity contribution in [3.05, 3.63) is 18.0 Å². The number of aromatic nitrogens is 2. The first kappa shape index (κ1) is 12.9. The molecule has 0 aromatic carbocycles. The minimum atomic E-state index is 0.258. The fourth-order valence-corrected chi connectivity index (χ4v) is 1.84. The summed E-state index contributed by atoms with van der Waals surface area (Å²) in [6.07, 6.45) is 4.66. The summed E-state index contributed by atoms with van der Waals surface area (Å²) in [7, 11) is 0. The van der Waals surface area contributed by atoms with Crippen molar-refractivity contribution in [1.29, 1.82) is 0 Å². The highest BCUT2D eigenvalue weighted by atomic mass is 16.1. The molecule has 1 aromatic rings. The Labute approximate surface area is 97.8 Å². The number of hydrogen-bond acceptors (Lipinski definition) is 2. The number of carbonyl (C=O) groups excluding carboxylic acids is 1. The minimum Gasteiger partial charge on any atom is -0.300 e. The molecule has 0 saturated heterocycles. The quantitative estimate of drug-likeness (QED) is 0.741. The molecular weight excluding hydrogens is 200 g/mol. The number of ketones is 1. The van der Waals surface area contributed by atoms with Crippen LogP contribution >= 0.6 is 0 Å². The number of carbonyl (C=O) groups is 1. The largest absolute Gasteiger partial charge is 0.300 e. The van der Waals surface area contributed by atoms with E-state index in [0.717, 1.165) is 18.5 Å². The molecule has 1 heterocycles. The van der Waals surface area contributed by atoms with Gasteiger partial charge >= 0.3 is 0 Å². The van der Waals surface area contributed by atoms with Gasteiger partial charge in [-0.15, -0.1) is 0 Å². The molecule has 1 rings (SSSR count). The second kappa shape index (κ2) is 5.83. The van der Waals surface area contributed by atoms with Crippen molar-refractivity contribution in [3.8, 4) is 0 Å². The van der Waals surface area contributed by atoms with E-state index in [4.69, 9.17) is 0 Å². The second-order valence-electron chi connectivity index (χ2n) is 4.76. The highest BCUT2D eigenvalue weighted by Crippen LogP contribution is 2.13. The summed E-state index contributed by atoms with van der Waals surface area (Å²) in [4.78, 5) is 11.0. The van der Waals surface area contributed by atoms with Crippen LogP contribution in [0.1, 0.15) is 52.3 Å². The molecule has 2 unspecified atom stereocenters. The molecule has 0 bridgehead atoms. The number of hydrogen-bond donors (Lipinski definition) is 0. The molecule has 0 aliphatic rings. The molecule has 0 aliphatic heterocycles. The lowest BCUT2D eigenvalue weighted by Gasteiger charge is -2.09. The zero-order valence-corrected chi connectivity index (χ0v) is 10.7. The number of Topliss-reactive ketones (excluding diaryl/α,β-unsaturated/α-hetero) is 1. The average Bonchev–Trinajstić information content (AvgIpc) is 2.63. The van der Waals surface area contributed by atoms with Crippen molar-refractivity contribution in [2.45, 2.75) is 53.0 Å². The zero-order chi connectivity index (χ0) is 12.1. The fourth-order valence-electron chi connectivity index (χ4n) is 1.84. The van der Waals surface area contributed by atoms with Crippen LogP contribution in [-0.2, 0) is 11.2 Å². The molecule has 1 aromatic heterocycles. The number of rotatable bonds is 6. The maximum absolute atomic E-state index is 11.0. The van der Waals surface area contributed by atoms with Crippen LogP contribution in [0.25, 0.3) is 0 Å². The van der Waals surface area contributed by atoms with E-state index in [9.17, 15) is 4.79 Å². The third-order valence-corrected chi connectivity index (χ3v) is 2.90. The van der Waals surface area contributed by atoms with Gasteiger partial charge in [0.1, 0.15) is 5.78 Å². The van der Waals surface area contributed by atoms with Crippen LogP contribution < -0.4 is 0 Å². The predicted molar refractivity (Wildman–Crippen MR) is 65.4 cm³/mol. The van der Waals surface area contributed by atoms with Gasteiger partial charge in [0.05, 0.1) is 5.69 Å². The van der Waals surface area contributed by atoms with Crippen LogP contribution in [0.2, 0.25) is 0 Å². The minimum absolute atomic E-state index is 0.258. The summed E-state index contributed by atoms with van der Waals surface area (Å²) in [5.74, 6) is 0.645. The third kappa shape index (κ3) is 3.80. The van der Waals surface area contributed by atoms with E-state index < -0.39 is 0 Å². The second-order valence-corrected chi connectivity index (χ2v) is 4.76. The summed E-state index contributed by atoms with van der Waals surface area (Å²) in [5.41, 5.74) is 1.09. The van der Waals surface area contributed by atoms with Gasteiger partial charge < -0.3 is 4.79 Å². The van der Waals surface area contributed by atoms with Crippen LogP contribution in [0.4, 0.5) is 0 Å². The van der Waals surface area contributed by atoms with Crippen molar-refractivity contribution in [2.75, 3.05) is 0 Å². The first-order chi connectivity index (χ1) is 7.52. The van der Waals surface area contributed by atoms with Crippen LogP contribution in [0.5, 0.6) is 0 Å². The molecule has 0 fully saturated rings.